The molecule has 0 bridgehead atoms. The summed E-state index contributed by atoms with van der Waals surface area (Å²) in [6.45, 7) is 11.3. The topological polar surface area (TPSA) is 106 Å². The number of benzene rings is 2. The van der Waals surface area contributed by atoms with Crippen molar-refractivity contribution in [2.45, 2.75) is 32.9 Å². The van der Waals surface area contributed by atoms with Gasteiger partial charge in [0.1, 0.15) is 23.9 Å². The minimum Gasteiger partial charge on any atom is -0.507 e. The van der Waals surface area contributed by atoms with E-state index in [1.807, 2.05) is 25.1 Å². The number of fused-ring (bicyclic) bond motifs is 1. The van der Waals surface area contributed by atoms with Crippen molar-refractivity contribution in [3.8, 4) is 17.2 Å². The fourth-order valence-electron chi connectivity index (χ4n) is 4.68. The molecule has 198 valence electrons. The van der Waals surface area contributed by atoms with Gasteiger partial charge < -0.3 is 30.1 Å². The zero-order valence-corrected chi connectivity index (χ0v) is 21.6. The SMILES string of the molecule is C=C1CN(CCOc2ccc3c(c2)CN(C(=O)c2cc(C(=O)N(C)CCCC)c(O)cc2O)C3)CCN1. The quantitative estimate of drug-likeness (QED) is 0.478. The number of nitrogens with zero attached hydrogens (tertiary/aromatic N) is 3. The highest BCUT2D eigenvalue weighted by atomic mass is 16.5. The summed E-state index contributed by atoms with van der Waals surface area (Å²) in [7, 11) is 1.66. The second kappa shape index (κ2) is 11.6. The van der Waals surface area contributed by atoms with Crippen LogP contribution in [0.2, 0.25) is 0 Å². The number of carbonyl (C=O) groups excluding carboxylic acids is 2. The summed E-state index contributed by atoms with van der Waals surface area (Å²) >= 11 is 0. The first-order valence-corrected chi connectivity index (χ1v) is 12.8. The zero-order valence-electron chi connectivity index (χ0n) is 21.6. The molecule has 2 aliphatic heterocycles. The third kappa shape index (κ3) is 6.17. The number of rotatable bonds is 9. The third-order valence-corrected chi connectivity index (χ3v) is 6.85. The molecule has 37 heavy (non-hydrogen) atoms. The predicted molar refractivity (Wildman–Crippen MR) is 141 cm³/mol. The minimum absolute atomic E-state index is 0.000196. The Morgan fingerprint density at radius 2 is 1.84 bits per heavy atom. The summed E-state index contributed by atoms with van der Waals surface area (Å²) < 4.78 is 5.97. The van der Waals surface area contributed by atoms with Crippen LogP contribution in [-0.4, -0.2) is 83.1 Å². The van der Waals surface area contributed by atoms with Crippen molar-refractivity contribution in [1.29, 1.82) is 0 Å². The first kappa shape index (κ1) is 26.3. The van der Waals surface area contributed by atoms with Gasteiger partial charge in [0.2, 0.25) is 0 Å². The fourth-order valence-corrected chi connectivity index (χ4v) is 4.68. The Bertz CT molecular complexity index is 1180. The van der Waals surface area contributed by atoms with Crippen LogP contribution in [0, 0.1) is 0 Å². The molecular formula is C28H36N4O5. The first-order chi connectivity index (χ1) is 17.8. The van der Waals surface area contributed by atoms with Gasteiger partial charge in [-0.3, -0.25) is 14.5 Å². The molecule has 0 saturated carbocycles. The number of unbranched alkanes of at least 4 members (excludes halogenated alkanes) is 1. The summed E-state index contributed by atoms with van der Waals surface area (Å²) in [5.41, 5.74) is 3.00. The highest BCUT2D eigenvalue weighted by Crippen LogP contribution is 2.33. The lowest BCUT2D eigenvalue weighted by Crippen LogP contribution is -2.43. The maximum Gasteiger partial charge on any atom is 0.258 e. The average Bonchev–Trinajstić information content (AvgIpc) is 3.30. The summed E-state index contributed by atoms with van der Waals surface area (Å²) in [6.07, 6.45) is 1.76. The first-order valence-electron chi connectivity index (χ1n) is 12.8. The zero-order chi connectivity index (χ0) is 26.5. The number of piperazine rings is 1. The highest BCUT2D eigenvalue weighted by molar-refractivity contribution is 6.03. The number of phenols is 2. The Hall–Kier alpha value is -3.72. The number of amides is 2. The Morgan fingerprint density at radius 3 is 2.59 bits per heavy atom. The van der Waals surface area contributed by atoms with E-state index in [1.165, 1.54) is 11.0 Å². The van der Waals surface area contributed by atoms with Crippen molar-refractivity contribution in [3.63, 3.8) is 0 Å². The van der Waals surface area contributed by atoms with Crippen molar-refractivity contribution in [1.82, 2.24) is 20.0 Å². The normalized spacial score (nSPS) is 15.3. The molecule has 0 atom stereocenters. The molecule has 9 nitrogen and oxygen atoms in total. The van der Waals surface area contributed by atoms with Crippen LogP contribution in [0.3, 0.4) is 0 Å². The second-order valence-electron chi connectivity index (χ2n) is 9.71. The number of nitrogens with one attached hydrogen (secondary N) is 1. The Labute approximate surface area is 217 Å². The van der Waals surface area contributed by atoms with Gasteiger partial charge in [0.15, 0.2) is 0 Å². The van der Waals surface area contributed by atoms with Crippen LogP contribution >= 0.6 is 0 Å². The van der Waals surface area contributed by atoms with Crippen molar-refractivity contribution in [2.75, 3.05) is 46.4 Å². The Morgan fingerprint density at radius 1 is 1.08 bits per heavy atom. The van der Waals surface area contributed by atoms with Crippen molar-refractivity contribution in [2.24, 2.45) is 0 Å². The van der Waals surface area contributed by atoms with Crippen LogP contribution in [0.1, 0.15) is 51.6 Å². The minimum atomic E-state index is -0.402. The van der Waals surface area contributed by atoms with E-state index in [0.717, 1.165) is 67.7 Å². The van der Waals surface area contributed by atoms with Gasteiger partial charge in [0.05, 0.1) is 11.1 Å². The Balaban J connectivity index is 1.40. The maximum atomic E-state index is 13.3. The van der Waals surface area contributed by atoms with Gasteiger partial charge in [-0.15, -0.1) is 0 Å². The number of aromatic hydroxyl groups is 2. The predicted octanol–water partition coefficient (Wildman–Crippen LogP) is 2.92. The van der Waals surface area contributed by atoms with E-state index in [0.29, 0.717) is 26.2 Å². The summed E-state index contributed by atoms with van der Waals surface area (Å²) in [5.74, 6) is -0.751. The summed E-state index contributed by atoms with van der Waals surface area (Å²) in [5, 5.41) is 24.0. The fraction of sp³-hybridized carbons (Fsp3) is 0.429. The van der Waals surface area contributed by atoms with Gasteiger partial charge >= 0.3 is 0 Å². The van der Waals surface area contributed by atoms with Crippen LogP contribution in [0.25, 0.3) is 0 Å². The van der Waals surface area contributed by atoms with Crippen LogP contribution in [-0.2, 0) is 13.1 Å². The molecule has 0 spiro atoms. The van der Waals surface area contributed by atoms with Crippen molar-refractivity contribution >= 4 is 11.8 Å². The lowest BCUT2D eigenvalue weighted by Gasteiger charge is -2.29. The number of phenolic OH excluding ortho intramolecular Hbond substituents is 2. The summed E-state index contributed by atoms with van der Waals surface area (Å²) in [6, 6.07) is 8.17. The molecule has 0 aromatic heterocycles. The molecule has 2 amide bonds. The molecule has 0 aliphatic carbocycles. The van der Waals surface area contributed by atoms with E-state index < -0.39 is 11.8 Å². The van der Waals surface area contributed by atoms with Gasteiger partial charge in [-0.05, 0) is 35.7 Å². The third-order valence-electron chi connectivity index (χ3n) is 6.85. The standard InChI is InChI=1S/C28H36N4O5/c1-4-5-9-30(3)27(35)23-14-24(26(34)15-25(23)33)28(36)32-17-20-6-7-22(13-21(20)18-32)37-12-11-31-10-8-29-19(2)16-31/h6-7,13-15,29,33-34H,2,4-5,8-12,16-18H2,1,3H3. The van der Waals surface area contributed by atoms with Crippen LogP contribution < -0.4 is 10.1 Å². The highest BCUT2D eigenvalue weighted by Gasteiger charge is 2.28. The molecular weight excluding hydrogens is 472 g/mol. The van der Waals surface area contributed by atoms with E-state index in [-0.39, 0.29) is 22.6 Å². The van der Waals surface area contributed by atoms with Gasteiger partial charge in [0.25, 0.3) is 11.8 Å². The number of hydrogen-bond acceptors (Lipinski definition) is 7. The lowest BCUT2D eigenvalue weighted by atomic mass is 10.1. The molecule has 2 heterocycles. The van der Waals surface area contributed by atoms with Crippen molar-refractivity contribution < 1.29 is 24.5 Å². The second-order valence-corrected chi connectivity index (χ2v) is 9.71. The number of carbonyl (C=O) groups is 2. The molecule has 1 fully saturated rings. The monoisotopic (exact) mass is 508 g/mol. The molecule has 2 aromatic rings. The number of hydrogen-bond donors (Lipinski definition) is 3. The molecule has 0 unspecified atom stereocenters. The number of ether oxygens (including phenoxy) is 1. The average molecular weight is 509 g/mol. The molecule has 9 heteroatoms. The van der Waals surface area contributed by atoms with Gasteiger partial charge in [-0.1, -0.05) is 26.0 Å². The van der Waals surface area contributed by atoms with Gasteiger partial charge in [-0.25, -0.2) is 0 Å². The molecule has 1 saturated heterocycles. The van der Waals surface area contributed by atoms with E-state index in [4.69, 9.17) is 4.74 Å². The largest absolute Gasteiger partial charge is 0.507 e. The van der Waals surface area contributed by atoms with Gasteiger partial charge in [0, 0.05) is 64.6 Å². The summed E-state index contributed by atoms with van der Waals surface area (Å²) in [4.78, 5) is 31.6. The molecule has 4 rings (SSSR count). The smallest absolute Gasteiger partial charge is 0.258 e. The van der Waals surface area contributed by atoms with Crippen molar-refractivity contribution in [3.05, 3.63) is 64.9 Å². The van der Waals surface area contributed by atoms with Crippen LogP contribution in [0.4, 0.5) is 0 Å². The maximum absolute atomic E-state index is 13.3. The van der Waals surface area contributed by atoms with Crippen LogP contribution in [0.5, 0.6) is 17.2 Å². The molecule has 0 radical (unpaired) electrons. The Kier molecular flexibility index (Phi) is 8.23. The van der Waals surface area contributed by atoms with E-state index in [2.05, 4.69) is 16.8 Å². The molecule has 2 aromatic carbocycles. The molecule has 2 aliphatic rings. The van der Waals surface area contributed by atoms with E-state index in [9.17, 15) is 19.8 Å². The lowest BCUT2D eigenvalue weighted by molar-refractivity contribution is 0.0748. The van der Waals surface area contributed by atoms with E-state index in [1.54, 1.807) is 11.9 Å². The van der Waals surface area contributed by atoms with Crippen LogP contribution in [0.15, 0.2) is 42.6 Å². The van der Waals surface area contributed by atoms with E-state index >= 15 is 0 Å². The molecule has 3 N–H and O–H groups in total. The van der Waals surface area contributed by atoms with Gasteiger partial charge in [-0.2, -0.15) is 0 Å².